The maximum atomic E-state index is 12.5. The number of carbonyl (C=O) groups excluding carboxylic acids is 2. The van der Waals surface area contributed by atoms with Gasteiger partial charge in [0.1, 0.15) is 11.5 Å². The number of ether oxygens (including phenoxy) is 2. The van der Waals surface area contributed by atoms with Gasteiger partial charge in [-0.05, 0) is 42.0 Å². The fraction of sp³-hybridized carbons (Fsp3) is 0.300. The second-order valence-electron chi connectivity index (χ2n) is 6.24. The van der Waals surface area contributed by atoms with Crippen LogP contribution in [0, 0.1) is 5.92 Å². The number of likely N-dealkylation sites (tertiary alicyclic amines) is 1. The third-order valence-corrected chi connectivity index (χ3v) is 4.48. The molecule has 2 aromatic carbocycles. The van der Waals surface area contributed by atoms with Crippen molar-refractivity contribution in [2.45, 2.75) is 13.0 Å². The van der Waals surface area contributed by atoms with Crippen molar-refractivity contribution in [1.29, 1.82) is 0 Å². The fourth-order valence-electron chi connectivity index (χ4n) is 2.97. The minimum atomic E-state index is -0.345. The van der Waals surface area contributed by atoms with Gasteiger partial charge in [-0.1, -0.05) is 12.1 Å². The Balaban J connectivity index is 1.58. The Kier molecular flexibility index (Phi) is 5.41. The molecule has 1 aliphatic heterocycles. The first-order valence-corrected chi connectivity index (χ1v) is 8.44. The van der Waals surface area contributed by atoms with Crippen molar-refractivity contribution in [3.63, 3.8) is 0 Å². The maximum absolute atomic E-state index is 12.5. The van der Waals surface area contributed by atoms with Crippen molar-refractivity contribution in [3.8, 4) is 11.5 Å². The molecule has 0 aliphatic carbocycles. The molecule has 3 rings (SSSR count). The van der Waals surface area contributed by atoms with E-state index in [9.17, 15) is 9.59 Å². The third-order valence-electron chi connectivity index (χ3n) is 4.48. The molecule has 26 heavy (non-hydrogen) atoms. The molecule has 0 bridgehead atoms. The van der Waals surface area contributed by atoms with E-state index in [2.05, 4.69) is 5.32 Å². The van der Waals surface area contributed by atoms with Gasteiger partial charge < -0.3 is 19.7 Å². The van der Waals surface area contributed by atoms with Gasteiger partial charge in [-0.15, -0.1) is 0 Å². The van der Waals surface area contributed by atoms with Crippen LogP contribution in [-0.2, 0) is 16.1 Å². The van der Waals surface area contributed by atoms with E-state index in [4.69, 9.17) is 9.47 Å². The zero-order chi connectivity index (χ0) is 18.5. The Morgan fingerprint density at radius 3 is 2.19 bits per heavy atom. The second kappa shape index (κ2) is 7.91. The van der Waals surface area contributed by atoms with Crippen molar-refractivity contribution >= 4 is 17.5 Å². The highest BCUT2D eigenvalue weighted by atomic mass is 16.5. The van der Waals surface area contributed by atoms with E-state index in [1.54, 1.807) is 43.4 Å². The van der Waals surface area contributed by atoms with Crippen LogP contribution in [0.1, 0.15) is 12.0 Å². The van der Waals surface area contributed by atoms with Gasteiger partial charge in [0.05, 0.1) is 20.1 Å². The average molecular weight is 354 g/mol. The largest absolute Gasteiger partial charge is 0.497 e. The summed E-state index contributed by atoms with van der Waals surface area (Å²) in [5.41, 5.74) is 1.70. The van der Waals surface area contributed by atoms with Gasteiger partial charge >= 0.3 is 0 Å². The average Bonchev–Trinajstić information content (AvgIpc) is 3.03. The van der Waals surface area contributed by atoms with Gasteiger partial charge in [-0.25, -0.2) is 0 Å². The molecule has 0 unspecified atom stereocenters. The molecule has 0 radical (unpaired) electrons. The van der Waals surface area contributed by atoms with Crippen LogP contribution in [0.5, 0.6) is 11.5 Å². The SMILES string of the molecule is COc1ccc(CN2C[C@H](C(=O)Nc3ccc(OC)cc3)CC2=O)cc1. The number of benzene rings is 2. The number of hydrogen-bond acceptors (Lipinski definition) is 4. The van der Waals surface area contributed by atoms with Gasteiger partial charge in [0, 0.05) is 25.2 Å². The van der Waals surface area contributed by atoms with E-state index < -0.39 is 0 Å². The fourth-order valence-corrected chi connectivity index (χ4v) is 2.97. The molecule has 6 heteroatoms. The van der Waals surface area contributed by atoms with Crippen LogP contribution in [-0.4, -0.2) is 37.5 Å². The molecule has 1 atom stereocenters. The number of carbonyl (C=O) groups is 2. The summed E-state index contributed by atoms with van der Waals surface area (Å²) in [5, 5.41) is 2.87. The van der Waals surface area contributed by atoms with Crippen LogP contribution in [0.3, 0.4) is 0 Å². The number of methoxy groups -OCH3 is 2. The van der Waals surface area contributed by atoms with Gasteiger partial charge in [-0.3, -0.25) is 9.59 Å². The van der Waals surface area contributed by atoms with Crippen molar-refractivity contribution in [2.24, 2.45) is 5.92 Å². The molecule has 1 heterocycles. The minimum Gasteiger partial charge on any atom is -0.497 e. The molecular weight excluding hydrogens is 332 g/mol. The summed E-state index contributed by atoms with van der Waals surface area (Å²) in [7, 11) is 3.21. The molecule has 1 N–H and O–H groups in total. The first kappa shape index (κ1) is 17.8. The quantitative estimate of drug-likeness (QED) is 0.866. The molecule has 1 fully saturated rings. The molecule has 0 spiro atoms. The maximum Gasteiger partial charge on any atom is 0.229 e. The second-order valence-corrected chi connectivity index (χ2v) is 6.24. The molecule has 0 saturated carbocycles. The van der Waals surface area contributed by atoms with Crippen LogP contribution in [0.4, 0.5) is 5.69 Å². The summed E-state index contributed by atoms with van der Waals surface area (Å²) in [5.74, 6) is 1.02. The van der Waals surface area contributed by atoms with Gasteiger partial charge in [0.2, 0.25) is 11.8 Å². The first-order valence-electron chi connectivity index (χ1n) is 8.44. The van der Waals surface area contributed by atoms with E-state index in [1.165, 1.54) is 0 Å². The van der Waals surface area contributed by atoms with Gasteiger partial charge in [-0.2, -0.15) is 0 Å². The van der Waals surface area contributed by atoms with E-state index in [-0.39, 0.29) is 24.2 Å². The lowest BCUT2D eigenvalue weighted by molar-refractivity contribution is -0.128. The van der Waals surface area contributed by atoms with Gasteiger partial charge in [0.25, 0.3) is 0 Å². The molecule has 136 valence electrons. The summed E-state index contributed by atoms with van der Waals surface area (Å²) in [6.45, 7) is 0.919. The van der Waals surface area contributed by atoms with E-state index >= 15 is 0 Å². The Morgan fingerprint density at radius 1 is 1.04 bits per heavy atom. The van der Waals surface area contributed by atoms with Crippen molar-refractivity contribution in [3.05, 3.63) is 54.1 Å². The summed E-state index contributed by atoms with van der Waals surface area (Å²) in [6.07, 6.45) is 0.234. The van der Waals surface area contributed by atoms with Crippen molar-refractivity contribution in [1.82, 2.24) is 4.90 Å². The lowest BCUT2D eigenvalue weighted by atomic mass is 10.1. The number of nitrogens with one attached hydrogen (secondary N) is 1. The summed E-state index contributed by atoms with van der Waals surface area (Å²) >= 11 is 0. The van der Waals surface area contributed by atoms with Crippen LogP contribution in [0.25, 0.3) is 0 Å². The highest BCUT2D eigenvalue weighted by Crippen LogP contribution is 2.23. The first-order chi connectivity index (χ1) is 12.6. The Bertz CT molecular complexity index is 771. The monoisotopic (exact) mass is 354 g/mol. The van der Waals surface area contributed by atoms with Crippen molar-refractivity contribution in [2.75, 3.05) is 26.1 Å². The zero-order valence-corrected chi connectivity index (χ0v) is 14.9. The number of anilines is 1. The molecule has 2 aromatic rings. The summed E-state index contributed by atoms with van der Waals surface area (Å²) < 4.78 is 10.2. The minimum absolute atomic E-state index is 0.00398. The molecule has 0 aromatic heterocycles. The van der Waals surface area contributed by atoms with E-state index in [1.807, 2.05) is 24.3 Å². The van der Waals surface area contributed by atoms with E-state index in [0.29, 0.717) is 18.8 Å². The molecule has 1 saturated heterocycles. The zero-order valence-electron chi connectivity index (χ0n) is 14.9. The summed E-state index contributed by atoms with van der Waals surface area (Å²) in [6, 6.07) is 14.7. The molecule has 2 amide bonds. The van der Waals surface area contributed by atoms with Crippen LogP contribution >= 0.6 is 0 Å². The Hall–Kier alpha value is -3.02. The number of nitrogens with zero attached hydrogens (tertiary/aromatic N) is 1. The highest BCUT2D eigenvalue weighted by Gasteiger charge is 2.34. The predicted molar refractivity (Wildman–Crippen MR) is 98.1 cm³/mol. The molecular formula is C20H22N2O4. The lowest BCUT2D eigenvalue weighted by Crippen LogP contribution is -2.28. The van der Waals surface area contributed by atoms with E-state index in [0.717, 1.165) is 17.1 Å². The topological polar surface area (TPSA) is 67.9 Å². The van der Waals surface area contributed by atoms with Crippen LogP contribution in [0.2, 0.25) is 0 Å². The highest BCUT2D eigenvalue weighted by molar-refractivity contribution is 5.97. The molecule has 1 aliphatic rings. The third kappa shape index (κ3) is 4.14. The van der Waals surface area contributed by atoms with Crippen LogP contribution in [0.15, 0.2) is 48.5 Å². The van der Waals surface area contributed by atoms with Crippen molar-refractivity contribution < 1.29 is 19.1 Å². The predicted octanol–water partition coefficient (Wildman–Crippen LogP) is 2.69. The molecule has 6 nitrogen and oxygen atoms in total. The lowest BCUT2D eigenvalue weighted by Gasteiger charge is -2.17. The normalized spacial score (nSPS) is 16.5. The van der Waals surface area contributed by atoms with Gasteiger partial charge in [0.15, 0.2) is 0 Å². The number of rotatable bonds is 6. The Labute approximate surface area is 152 Å². The smallest absolute Gasteiger partial charge is 0.229 e. The number of amides is 2. The van der Waals surface area contributed by atoms with Crippen LogP contribution < -0.4 is 14.8 Å². The number of hydrogen-bond donors (Lipinski definition) is 1. The standard InChI is InChI=1S/C20H22N2O4/c1-25-17-7-3-14(4-8-17)12-22-13-15(11-19(22)23)20(24)21-16-5-9-18(26-2)10-6-16/h3-10,15H,11-13H2,1-2H3,(H,21,24)/t15-/m1/s1. The Morgan fingerprint density at radius 2 is 1.62 bits per heavy atom. The summed E-state index contributed by atoms with van der Waals surface area (Å²) in [4.78, 5) is 26.4.